The molecule has 0 aromatic heterocycles. The van der Waals surface area contributed by atoms with Gasteiger partial charge in [-0.25, -0.2) is 0 Å². The second-order valence-corrected chi connectivity index (χ2v) is 6.01. The van der Waals surface area contributed by atoms with Crippen LogP contribution < -0.4 is 15.4 Å². The molecule has 122 valence electrons. The number of benzene rings is 2. The van der Waals surface area contributed by atoms with Crippen molar-refractivity contribution in [3.05, 3.63) is 52.0 Å². The number of halogens is 2. The number of hydrogen-bond donors (Lipinski definition) is 2. The Labute approximate surface area is 145 Å². The van der Waals surface area contributed by atoms with Gasteiger partial charge in [-0.2, -0.15) is 0 Å². The van der Waals surface area contributed by atoms with Crippen molar-refractivity contribution >= 4 is 40.5 Å². The molecule has 23 heavy (non-hydrogen) atoms. The van der Waals surface area contributed by atoms with Crippen LogP contribution in [0.15, 0.2) is 36.4 Å². The van der Waals surface area contributed by atoms with Crippen LogP contribution in [0.1, 0.15) is 12.5 Å². The Kier molecular flexibility index (Phi) is 5.74. The summed E-state index contributed by atoms with van der Waals surface area (Å²) in [5, 5.41) is 7.09. The van der Waals surface area contributed by atoms with E-state index in [-0.39, 0.29) is 5.91 Å². The SMILES string of the molecule is COc1ccc(Cl)cc1NC(=O)[C@@H](C)Nc1ccc(C)c(Cl)c1. The van der Waals surface area contributed by atoms with Crippen molar-refractivity contribution in [2.75, 3.05) is 17.7 Å². The van der Waals surface area contributed by atoms with E-state index in [1.54, 1.807) is 31.2 Å². The molecule has 0 aliphatic heterocycles. The zero-order chi connectivity index (χ0) is 17.0. The molecule has 0 heterocycles. The van der Waals surface area contributed by atoms with Gasteiger partial charge in [-0.05, 0) is 49.7 Å². The minimum Gasteiger partial charge on any atom is -0.495 e. The standard InChI is InChI=1S/C17H18Cl2N2O2/c1-10-4-6-13(9-14(10)19)20-11(2)17(22)21-15-8-12(18)5-7-16(15)23-3/h4-9,11,20H,1-3H3,(H,21,22)/t11-/m1/s1. The lowest BCUT2D eigenvalue weighted by Crippen LogP contribution is -2.32. The van der Waals surface area contributed by atoms with Crippen molar-refractivity contribution in [2.45, 2.75) is 19.9 Å². The van der Waals surface area contributed by atoms with Crippen LogP contribution in [-0.4, -0.2) is 19.1 Å². The van der Waals surface area contributed by atoms with Gasteiger partial charge in [0, 0.05) is 15.7 Å². The molecule has 2 aromatic rings. The van der Waals surface area contributed by atoms with Gasteiger partial charge in [0.25, 0.3) is 0 Å². The fraction of sp³-hybridized carbons (Fsp3) is 0.235. The van der Waals surface area contributed by atoms with Gasteiger partial charge in [-0.15, -0.1) is 0 Å². The average molecular weight is 353 g/mol. The Hall–Kier alpha value is -1.91. The van der Waals surface area contributed by atoms with Gasteiger partial charge in [-0.1, -0.05) is 29.3 Å². The lowest BCUT2D eigenvalue weighted by Gasteiger charge is -2.17. The van der Waals surface area contributed by atoms with E-state index in [2.05, 4.69) is 10.6 Å². The van der Waals surface area contributed by atoms with Gasteiger partial charge in [0.15, 0.2) is 0 Å². The molecule has 0 aliphatic rings. The highest BCUT2D eigenvalue weighted by Gasteiger charge is 2.15. The summed E-state index contributed by atoms with van der Waals surface area (Å²) < 4.78 is 5.22. The zero-order valence-electron chi connectivity index (χ0n) is 13.1. The van der Waals surface area contributed by atoms with Gasteiger partial charge in [0.1, 0.15) is 11.8 Å². The molecular weight excluding hydrogens is 335 g/mol. The number of anilines is 2. The third-order valence-electron chi connectivity index (χ3n) is 3.37. The lowest BCUT2D eigenvalue weighted by atomic mass is 10.2. The minimum atomic E-state index is -0.461. The van der Waals surface area contributed by atoms with Gasteiger partial charge in [-0.3, -0.25) is 4.79 Å². The van der Waals surface area contributed by atoms with Crippen LogP contribution in [0.3, 0.4) is 0 Å². The molecule has 0 saturated carbocycles. The molecule has 1 atom stereocenters. The van der Waals surface area contributed by atoms with E-state index in [1.807, 2.05) is 19.1 Å². The van der Waals surface area contributed by atoms with Crippen molar-refractivity contribution < 1.29 is 9.53 Å². The Morgan fingerprint density at radius 3 is 2.57 bits per heavy atom. The van der Waals surface area contributed by atoms with Crippen LogP contribution in [0.5, 0.6) is 5.75 Å². The van der Waals surface area contributed by atoms with E-state index in [4.69, 9.17) is 27.9 Å². The third-order valence-corrected chi connectivity index (χ3v) is 4.01. The molecule has 2 rings (SSSR count). The largest absolute Gasteiger partial charge is 0.495 e. The highest BCUT2D eigenvalue weighted by atomic mass is 35.5. The number of hydrogen-bond acceptors (Lipinski definition) is 3. The highest BCUT2D eigenvalue weighted by molar-refractivity contribution is 6.31. The van der Waals surface area contributed by atoms with Crippen molar-refractivity contribution in [3.8, 4) is 5.75 Å². The number of carbonyl (C=O) groups excluding carboxylic acids is 1. The quantitative estimate of drug-likeness (QED) is 0.816. The molecule has 2 aromatic carbocycles. The van der Waals surface area contributed by atoms with Crippen molar-refractivity contribution in [1.29, 1.82) is 0 Å². The molecule has 4 nitrogen and oxygen atoms in total. The monoisotopic (exact) mass is 352 g/mol. The number of aryl methyl sites for hydroxylation is 1. The van der Waals surface area contributed by atoms with E-state index in [1.165, 1.54) is 7.11 Å². The maximum atomic E-state index is 12.3. The van der Waals surface area contributed by atoms with Gasteiger partial charge >= 0.3 is 0 Å². The first-order chi connectivity index (χ1) is 10.9. The van der Waals surface area contributed by atoms with Crippen molar-refractivity contribution in [1.82, 2.24) is 0 Å². The first-order valence-electron chi connectivity index (χ1n) is 7.08. The van der Waals surface area contributed by atoms with Gasteiger partial charge < -0.3 is 15.4 Å². The second-order valence-electron chi connectivity index (χ2n) is 5.16. The molecule has 1 amide bonds. The summed E-state index contributed by atoms with van der Waals surface area (Å²) in [5.41, 5.74) is 2.29. The first-order valence-corrected chi connectivity index (χ1v) is 7.83. The first kappa shape index (κ1) is 17.4. The Balaban J connectivity index is 2.08. The van der Waals surface area contributed by atoms with Crippen molar-refractivity contribution in [3.63, 3.8) is 0 Å². The number of methoxy groups -OCH3 is 1. The number of carbonyl (C=O) groups is 1. The van der Waals surface area contributed by atoms with Crippen LogP contribution in [0.25, 0.3) is 0 Å². The van der Waals surface area contributed by atoms with Crippen molar-refractivity contribution in [2.24, 2.45) is 0 Å². The van der Waals surface area contributed by atoms with Crippen LogP contribution in [0, 0.1) is 6.92 Å². The molecule has 0 radical (unpaired) electrons. The maximum absolute atomic E-state index is 12.3. The van der Waals surface area contributed by atoms with Crippen LogP contribution in [-0.2, 0) is 4.79 Å². The fourth-order valence-corrected chi connectivity index (χ4v) is 2.37. The predicted molar refractivity (Wildman–Crippen MR) is 95.9 cm³/mol. The lowest BCUT2D eigenvalue weighted by molar-refractivity contribution is -0.116. The summed E-state index contributed by atoms with van der Waals surface area (Å²) in [4.78, 5) is 12.3. The maximum Gasteiger partial charge on any atom is 0.246 e. The van der Waals surface area contributed by atoms with E-state index in [9.17, 15) is 4.79 Å². The van der Waals surface area contributed by atoms with Gasteiger partial charge in [0.05, 0.1) is 12.8 Å². The summed E-state index contributed by atoms with van der Waals surface area (Å²) in [5.74, 6) is 0.343. The summed E-state index contributed by atoms with van der Waals surface area (Å²) in [6.45, 7) is 3.69. The number of amides is 1. The van der Waals surface area contributed by atoms with E-state index >= 15 is 0 Å². The molecule has 0 unspecified atom stereocenters. The summed E-state index contributed by atoms with van der Waals surface area (Å²) >= 11 is 12.1. The smallest absolute Gasteiger partial charge is 0.246 e. The molecule has 0 aliphatic carbocycles. The highest BCUT2D eigenvalue weighted by Crippen LogP contribution is 2.28. The second kappa shape index (κ2) is 7.57. The average Bonchev–Trinajstić information content (AvgIpc) is 2.51. The van der Waals surface area contributed by atoms with Crippen LogP contribution >= 0.6 is 23.2 Å². The molecule has 0 bridgehead atoms. The van der Waals surface area contributed by atoms with E-state index in [0.717, 1.165) is 11.3 Å². The molecule has 6 heteroatoms. The number of nitrogens with one attached hydrogen (secondary N) is 2. The predicted octanol–water partition coefficient (Wildman–Crippen LogP) is 4.75. The minimum absolute atomic E-state index is 0.206. The molecular formula is C17H18Cl2N2O2. The topological polar surface area (TPSA) is 50.4 Å². The summed E-state index contributed by atoms with van der Waals surface area (Å²) in [6.07, 6.45) is 0. The summed E-state index contributed by atoms with van der Waals surface area (Å²) in [6, 6.07) is 10.2. The molecule has 0 fully saturated rings. The molecule has 0 spiro atoms. The Bertz CT molecular complexity index is 720. The van der Waals surface area contributed by atoms with Gasteiger partial charge in [0.2, 0.25) is 5.91 Å². The third kappa shape index (κ3) is 4.53. The van der Waals surface area contributed by atoms with Crippen LogP contribution in [0.4, 0.5) is 11.4 Å². The Morgan fingerprint density at radius 2 is 1.91 bits per heavy atom. The molecule has 0 saturated heterocycles. The number of ether oxygens (including phenoxy) is 1. The Morgan fingerprint density at radius 1 is 1.17 bits per heavy atom. The normalized spacial score (nSPS) is 11.7. The van der Waals surface area contributed by atoms with E-state index < -0.39 is 6.04 Å². The number of rotatable bonds is 5. The van der Waals surface area contributed by atoms with E-state index in [0.29, 0.717) is 21.5 Å². The molecule has 2 N–H and O–H groups in total. The zero-order valence-corrected chi connectivity index (χ0v) is 14.6. The summed E-state index contributed by atoms with van der Waals surface area (Å²) in [7, 11) is 1.54. The van der Waals surface area contributed by atoms with Crippen LogP contribution in [0.2, 0.25) is 10.0 Å². The fourth-order valence-electron chi connectivity index (χ4n) is 2.02.